The Morgan fingerprint density at radius 3 is 2.28 bits per heavy atom. The zero-order valence-corrected chi connectivity index (χ0v) is 22.5. The van der Waals surface area contributed by atoms with Gasteiger partial charge in [0, 0.05) is 42.5 Å². The number of benzene rings is 3. The first kappa shape index (κ1) is 24.5. The van der Waals surface area contributed by atoms with E-state index in [1.54, 1.807) is 0 Å². The molecule has 36 heavy (non-hydrogen) atoms. The van der Waals surface area contributed by atoms with Gasteiger partial charge in [0.2, 0.25) is 0 Å². The highest BCUT2D eigenvalue weighted by Crippen LogP contribution is 2.43. The highest BCUT2D eigenvalue weighted by molar-refractivity contribution is 8.00. The molecule has 1 atom stereocenters. The lowest BCUT2D eigenvalue weighted by molar-refractivity contribution is 0.296. The maximum absolute atomic E-state index is 2.45. The minimum atomic E-state index is 0.308. The molecule has 0 radical (unpaired) electrons. The van der Waals surface area contributed by atoms with Crippen molar-refractivity contribution in [1.29, 1.82) is 0 Å². The van der Waals surface area contributed by atoms with Crippen molar-refractivity contribution in [3.63, 3.8) is 0 Å². The van der Waals surface area contributed by atoms with Crippen LogP contribution in [0.25, 0.3) is 11.3 Å². The second kappa shape index (κ2) is 10.8. The molecular formula is C32H35N3S. The summed E-state index contributed by atoms with van der Waals surface area (Å²) in [6.07, 6.45) is 9.11. The van der Waals surface area contributed by atoms with Crippen molar-refractivity contribution in [2.45, 2.75) is 30.7 Å². The number of fused-ring (bicyclic) bond motifs is 2. The molecule has 4 heteroatoms. The van der Waals surface area contributed by atoms with Crippen molar-refractivity contribution in [3.05, 3.63) is 114 Å². The lowest BCUT2D eigenvalue weighted by Gasteiger charge is -2.30. The minimum Gasteiger partial charge on any atom is -0.358 e. The minimum absolute atomic E-state index is 0.308. The average molecular weight is 494 g/mol. The van der Waals surface area contributed by atoms with Gasteiger partial charge in [-0.3, -0.25) is 4.90 Å². The number of hydrogen-bond donors (Lipinski definition) is 0. The van der Waals surface area contributed by atoms with Crippen molar-refractivity contribution in [1.82, 2.24) is 4.90 Å². The predicted octanol–water partition coefficient (Wildman–Crippen LogP) is 7.53. The lowest BCUT2D eigenvalue weighted by atomic mass is 9.94. The molecule has 3 nitrogen and oxygen atoms in total. The fourth-order valence-corrected chi connectivity index (χ4v) is 6.17. The molecule has 0 saturated heterocycles. The number of hydrogen-bond acceptors (Lipinski definition) is 4. The third kappa shape index (κ3) is 4.88. The van der Waals surface area contributed by atoms with E-state index >= 15 is 0 Å². The third-order valence-corrected chi connectivity index (χ3v) is 8.52. The Morgan fingerprint density at radius 1 is 0.861 bits per heavy atom. The standard InChI is InChI=1S/C32H35N3S/c1-5-35(6-2)23-24-18-20-25(21-19-24)30-22-26(27-13-7-8-14-28(27)33(30)3)12-11-17-32-34(4)29-15-9-10-16-31(29)36-32/h7-22,32H,5-6,23H2,1-4H3. The van der Waals surface area contributed by atoms with Crippen LogP contribution in [0.1, 0.15) is 30.5 Å². The van der Waals surface area contributed by atoms with Crippen molar-refractivity contribution < 1.29 is 0 Å². The zero-order chi connectivity index (χ0) is 25.1. The Kier molecular flexibility index (Phi) is 7.35. The first-order valence-electron chi connectivity index (χ1n) is 12.8. The van der Waals surface area contributed by atoms with Crippen LogP contribution in [0.15, 0.2) is 102 Å². The smallest absolute Gasteiger partial charge is 0.0982 e. The van der Waals surface area contributed by atoms with E-state index in [1.165, 1.54) is 44.2 Å². The van der Waals surface area contributed by atoms with Crippen molar-refractivity contribution in [2.75, 3.05) is 37.0 Å². The summed E-state index contributed by atoms with van der Waals surface area (Å²) in [5, 5.41) is 0.308. The summed E-state index contributed by atoms with van der Waals surface area (Å²) in [6.45, 7) is 7.60. The molecule has 0 fully saturated rings. The van der Waals surface area contributed by atoms with Crippen LogP contribution >= 0.6 is 11.8 Å². The highest BCUT2D eigenvalue weighted by Gasteiger charge is 2.24. The predicted molar refractivity (Wildman–Crippen MR) is 157 cm³/mol. The van der Waals surface area contributed by atoms with E-state index in [2.05, 4.69) is 140 Å². The van der Waals surface area contributed by atoms with E-state index in [0.29, 0.717) is 5.37 Å². The Balaban J connectivity index is 1.42. The van der Waals surface area contributed by atoms with Gasteiger partial charge in [-0.25, -0.2) is 0 Å². The number of anilines is 2. The molecule has 184 valence electrons. The Bertz CT molecular complexity index is 1300. The van der Waals surface area contributed by atoms with E-state index in [-0.39, 0.29) is 0 Å². The van der Waals surface area contributed by atoms with Crippen LogP contribution in [-0.4, -0.2) is 37.5 Å². The molecule has 3 aromatic rings. The van der Waals surface area contributed by atoms with E-state index in [4.69, 9.17) is 0 Å². The number of para-hydroxylation sites is 2. The summed E-state index contributed by atoms with van der Waals surface area (Å²) in [4.78, 5) is 8.45. The van der Waals surface area contributed by atoms with E-state index in [9.17, 15) is 0 Å². The Hall–Kier alpha value is -3.21. The number of likely N-dealkylation sites (N-methyl/N-ethyl adjacent to an activating group) is 1. The van der Waals surface area contributed by atoms with Crippen LogP contribution in [0.4, 0.5) is 11.4 Å². The van der Waals surface area contributed by atoms with Gasteiger partial charge >= 0.3 is 0 Å². The molecule has 0 saturated carbocycles. The largest absolute Gasteiger partial charge is 0.358 e. The molecule has 0 N–H and O–H groups in total. The molecule has 1 unspecified atom stereocenters. The molecule has 3 aromatic carbocycles. The Morgan fingerprint density at radius 2 is 1.56 bits per heavy atom. The van der Waals surface area contributed by atoms with Gasteiger partial charge in [-0.15, -0.1) is 0 Å². The van der Waals surface area contributed by atoms with Crippen LogP contribution in [0.2, 0.25) is 0 Å². The summed E-state index contributed by atoms with van der Waals surface area (Å²) < 4.78 is 0. The van der Waals surface area contributed by atoms with Crippen molar-refractivity contribution in [3.8, 4) is 0 Å². The topological polar surface area (TPSA) is 9.72 Å². The maximum atomic E-state index is 2.45. The van der Waals surface area contributed by atoms with Crippen molar-refractivity contribution >= 4 is 34.4 Å². The van der Waals surface area contributed by atoms with Gasteiger partial charge < -0.3 is 9.80 Å². The highest BCUT2D eigenvalue weighted by atomic mass is 32.2. The third-order valence-electron chi connectivity index (χ3n) is 7.21. The summed E-state index contributed by atoms with van der Waals surface area (Å²) in [6, 6.07) is 26.4. The number of nitrogens with zero attached hydrogens (tertiary/aromatic N) is 3. The normalized spacial score (nSPS) is 18.2. The lowest BCUT2D eigenvalue weighted by Crippen LogP contribution is -2.22. The molecule has 0 aromatic heterocycles. The molecule has 2 aliphatic rings. The summed E-state index contributed by atoms with van der Waals surface area (Å²) in [7, 11) is 4.34. The van der Waals surface area contributed by atoms with Gasteiger partial charge in [-0.1, -0.05) is 98.4 Å². The monoisotopic (exact) mass is 493 g/mol. The molecule has 2 heterocycles. The number of allylic oxidation sites excluding steroid dienone is 4. The Labute approximate surface area is 220 Å². The average Bonchev–Trinajstić information content (AvgIpc) is 3.24. The van der Waals surface area contributed by atoms with Crippen molar-refractivity contribution in [2.24, 2.45) is 0 Å². The first-order valence-corrected chi connectivity index (χ1v) is 13.7. The number of thioether (sulfide) groups is 1. The van der Waals surface area contributed by atoms with Gasteiger partial charge in [0.25, 0.3) is 0 Å². The van der Waals surface area contributed by atoms with Gasteiger partial charge in [-0.05, 0) is 54.1 Å². The molecular weight excluding hydrogens is 458 g/mol. The molecule has 0 spiro atoms. The zero-order valence-electron chi connectivity index (χ0n) is 21.7. The summed E-state index contributed by atoms with van der Waals surface area (Å²) in [5.74, 6) is 0. The van der Waals surface area contributed by atoms with Crippen LogP contribution in [-0.2, 0) is 6.54 Å². The second-order valence-corrected chi connectivity index (χ2v) is 10.5. The van der Waals surface area contributed by atoms with Crippen LogP contribution in [0, 0.1) is 0 Å². The van der Waals surface area contributed by atoms with Gasteiger partial charge in [0.1, 0.15) is 0 Å². The maximum Gasteiger partial charge on any atom is 0.0982 e. The molecule has 2 aliphatic heterocycles. The van der Waals surface area contributed by atoms with E-state index < -0.39 is 0 Å². The van der Waals surface area contributed by atoms with E-state index in [0.717, 1.165) is 19.6 Å². The fourth-order valence-electron chi connectivity index (χ4n) is 4.98. The van der Waals surface area contributed by atoms with Gasteiger partial charge in [-0.2, -0.15) is 0 Å². The summed E-state index contributed by atoms with van der Waals surface area (Å²) in [5.41, 5.74) is 8.88. The molecule has 0 bridgehead atoms. The number of rotatable bonds is 7. The second-order valence-electron chi connectivity index (χ2n) is 9.36. The molecule has 5 rings (SSSR count). The SMILES string of the molecule is CCN(CC)Cc1ccc(C2=CC(=CC=CC3Sc4ccccc4N3C)c3ccccc3N2C)cc1. The van der Waals surface area contributed by atoms with E-state index in [1.807, 2.05) is 11.8 Å². The molecule has 0 amide bonds. The first-order chi connectivity index (χ1) is 17.6. The van der Waals surface area contributed by atoms with Gasteiger partial charge in [0.05, 0.1) is 11.1 Å². The van der Waals surface area contributed by atoms with Gasteiger partial charge in [0.15, 0.2) is 0 Å². The fraction of sp³-hybridized carbons (Fsp3) is 0.250. The summed E-state index contributed by atoms with van der Waals surface area (Å²) >= 11 is 1.91. The van der Waals surface area contributed by atoms with Crippen LogP contribution in [0.5, 0.6) is 0 Å². The van der Waals surface area contributed by atoms with Crippen LogP contribution in [0.3, 0.4) is 0 Å². The quantitative estimate of drug-likeness (QED) is 0.336. The molecule has 0 aliphatic carbocycles. The van der Waals surface area contributed by atoms with Crippen LogP contribution < -0.4 is 9.80 Å².